The van der Waals surface area contributed by atoms with E-state index in [4.69, 9.17) is 5.73 Å². The van der Waals surface area contributed by atoms with Crippen LogP contribution in [0.3, 0.4) is 0 Å². The number of fused-ring (bicyclic) bond motifs is 1. The summed E-state index contributed by atoms with van der Waals surface area (Å²) in [4.78, 5) is 31.9. The highest BCUT2D eigenvalue weighted by Gasteiger charge is 2.27. The summed E-state index contributed by atoms with van der Waals surface area (Å²) in [6, 6.07) is 9.67. The summed E-state index contributed by atoms with van der Waals surface area (Å²) in [5.41, 5.74) is 9.15. The Balaban J connectivity index is 1.36. The number of nitrogens with two attached hydrogens (primary N) is 1. The maximum absolute atomic E-state index is 12.8. The summed E-state index contributed by atoms with van der Waals surface area (Å²) in [5, 5.41) is 1.91. The highest BCUT2D eigenvalue weighted by Crippen LogP contribution is 2.31. The van der Waals surface area contributed by atoms with Crippen molar-refractivity contribution in [1.29, 1.82) is 0 Å². The summed E-state index contributed by atoms with van der Waals surface area (Å²) in [7, 11) is 0. The second kappa shape index (κ2) is 7.60. The fraction of sp³-hybridized carbons (Fsp3) is 0.400. The molecule has 7 heteroatoms. The van der Waals surface area contributed by atoms with Crippen LogP contribution in [0.2, 0.25) is 0 Å². The molecule has 4 rings (SSSR count). The molecule has 0 radical (unpaired) electrons. The number of benzene rings is 1. The standard InChI is InChI=1S/C20H24N4O2S/c21-16-5-1-6-17-15(16)4-2-8-24(17)14-19(25)22-9-11-23(12-10-22)20(26)18-7-3-13-27-18/h1,3,5-7,13H,2,4,8-12,14,21H2. The fourth-order valence-corrected chi connectivity index (χ4v) is 4.56. The lowest BCUT2D eigenvalue weighted by molar-refractivity contribution is -0.131. The van der Waals surface area contributed by atoms with Gasteiger partial charge in [-0.05, 0) is 42.0 Å². The molecule has 142 valence electrons. The van der Waals surface area contributed by atoms with Gasteiger partial charge in [0, 0.05) is 44.1 Å². The van der Waals surface area contributed by atoms with Crippen molar-refractivity contribution in [2.24, 2.45) is 0 Å². The van der Waals surface area contributed by atoms with Gasteiger partial charge in [0.15, 0.2) is 0 Å². The molecular formula is C20H24N4O2S. The molecule has 2 aliphatic rings. The monoisotopic (exact) mass is 384 g/mol. The average molecular weight is 385 g/mol. The van der Waals surface area contributed by atoms with Gasteiger partial charge < -0.3 is 20.4 Å². The number of anilines is 2. The van der Waals surface area contributed by atoms with E-state index in [0.29, 0.717) is 32.7 Å². The van der Waals surface area contributed by atoms with Crippen molar-refractivity contribution in [3.05, 3.63) is 46.2 Å². The van der Waals surface area contributed by atoms with Gasteiger partial charge in [0.25, 0.3) is 5.91 Å². The van der Waals surface area contributed by atoms with Crippen LogP contribution >= 0.6 is 11.3 Å². The maximum Gasteiger partial charge on any atom is 0.264 e. The van der Waals surface area contributed by atoms with Crippen LogP contribution in [0.5, 0.6) is 0 Å². The van der Waals surface area contributed by atoms with Crippen LogP contribution in [0.1, 0.15) is 21.7 Å². The fourth-order valence-electron chi connectivity index (χ4n) is 3.87. The molecule has 2 amide bonds. The number of nitrogen functional groups attached to an aromatic ring is 1. The molecule has 2 aromatic rings. The quantitative estimate of drug-likeness (QED) is 0.823. The Bertz CT molecular complexity index is 829. The van der Waals surface area contributed by atoms with E-state index in [1.54, 1.807) is 0 Å². The maximum atomic E-state index is 12.8. The van der Waals surface area contributed by atoms with Gasteiger partial charge >= 0.3 is 0 Å². The van der Waals surface area contributed by atoms with Crippen molar-refractivity contribution in [3.8, 4) is 0 Å². The average Bonchev–Trinajstić information content (AvgIpc) is 3.23. The largest absolute Gasteiger partial charge is 0.398 e. The second-order valence-corrected chi connectivity index (χ2v) is 7.97. The van der Waals surface area contributed by atoms with Gasteiger partial charge in [-0.15, -0.1) is 11.3 Å². The summed E-state index contributed by atoms with van der Waals surface area (Å²) >= 11 is 1.46. The van der Waals surface area contributed by atoms with E-state index in [1.165, 1.54) is 11.3 Å². The predicted molar refractivity (Wildman–Crippen MR) is 108 cm³/mol. The molecule has 0 bridgehead atoms. The van der Waals surface area contributed by atoms with Crippen LogP contribution in [-0.4, -0.2) is 60.9 Å². The van der Waals surface area contributed by atoms with Gasteiger partial charge in [0.05, 0.1) is 11.4 Å². The Morgan fingerprint density at radius 3 is 2.52 bits per heavy atom. The van der Waals surface area contributed by atoms with E-state index in [0.717, 1.165) is 41.2 Å². The Morgan fingerprint density at radius 1 is 1.00 bits per heavy atom. The van der Waals surface area contributed by atoms with E-state index in [-0.39, 0.29) is 11.8 Å². The minimum Gasteiger partial charge on any atom is -0.398 e. The van der Waals surface area contributed by atoms with Crippen LogP contribution in [0.4, 0.5) is 11.4 Å². The predicted octanol–water partition coefficient (Wildman–Crippen LogP) is 2.07. The van der Waals surface area contributed by atoms with Crippen LogP contribution in [0.25, 0.3) is 0 Å². The number of hydrogen-bond donors (Lipinski definition) is 1. The smallest absolute Gasteiger partial charge is 0.264 e. The first-order chi connectivity index (χ1) is 13.1. The number of carbonyl (C=O) groups is 2. The van der Waals surface area contributed by atoms with Crippen molar-refractivity contribution in [1.82, 2.24) is 9.80 Å². The molecule has 3 heterocycles. The molecule has 0 unspecified atom stereocenters. The molecule has 2 aliphatic heterocycles. The van der Waals surface area contributed by atoms with Gasteiger partial charge in [-0.2, -0.15) is 0 Å². The van der Waals surface area contributed by atoms with E-state index < -0.39 is 0 Å². The minimum atomic E-state index is 0.0672. The number of piperazine rings is 1. The van der Waals surface area contributed by atoms with E-state index in [9.17, 15) is 9.59 Å². The highest BCUT2D eigenvalue weighted by molar-refractivity contribution is 7.12. The third-order valence-electron chi connectivity index (χ3n) is 5.36. The van der Waals surface area contributed by atoms with Crippen molar-refractivity contribution >= 4 is 34.5 Å². The van der Waals surface area contributed by atoms with E-state index in [1.807, 2.05) is 39.4 Å². The topological polar surface area (TPSA) is 69.9 Å². The SMILES string of the molecule is Nc1cccc2c1CCCN2CC(=O)N1CCN(C(=O)c2cccs2)CC1. The lowest BCUT2D eigenvalue weighted by Gasteiger charge is -2.37. The van der Waals surface area contributed by atoms with Gasteiger partial charge in [0.2, 0.25) is 5.91 Å². The van der Waals surface area contributed by atoms with Gasteiger partial charge in [-0.3, -0.25) is 9.59 Å². The first kappa shape index (κ1) is 17.9. The van der Waals surface area contributed by atoms with Gasteiger partial charge in [-0.1, -0.05) is 12.1 Å². The summed E-state index contributed by atoms with van der Waals surface area (Å²) < 4.78 is 0. The molecule has 27 heavy (non-hydrogen) atoms. The summed E-state index contributed by atoms with van der Waals surface area (Å²) in [6.07, 6.45) is 1.98. The molecule has 1 aromatic carbocycles. The normalized spacial score (nSPS) is 17.0. The zero-order valence-electron chi connectivity index (χ0n) is 15.3. The Hall–Kier alpha value is -2.54. The van der Waals surface area contributed by atoms with Crippen LogP contribution < -0.4 is 10.6 Å². The number of amides is 2. The highest BCUT2D eigenvalue weighted by atomic mass is 32.1. The van der Waals surface area contributed by atoms with Gasteiger partial charge in [-0.25, -0.2) is 0 Å². The number of thiophene rings is 1. The van der Waals surface area contributed by atoms with Crippen LogP contribution in [-0.2, 0) is 11.2 Å². The molecule has 1 aromatic heterocycles. The Morgan fingerprint density at radius 2 is 1.78 bits per heavy atom. The number of hydrogen-bond acceptors (Lipinski definition) is 5. The second-order valence-electron chi connectivity index (χ2n) is 7.02. The molecule has 1 saturated heterocycles. The minimum absolute atomic E-state index is 0.0672. The molecular weight excluding hydrogens is 360 g/mol. The first-order valence-electron chi connectivity index (χ1n) is 9.36. The molecule has 0 saturated carbocycles. The van der Waals surface area contributed by atoms with Crippen molar-refractivity contribution in [2.45, 2.75) is 12.8 Å². The van der Waals surface area contributed by atoms with Crippen LogP contribution in [0.15, 0.2) is 35.7 Å². The Kier molecular flexibility index (Phi) is 5.03. The molecule has 0 spiro atoms. The van der Waals surface area contributed by atoms with Crippen LogP contribution in [0, 0.1) is 0 Å². The summed E-state index contributed by atoms with van der Waals surface area (Å²) in [6.45, 7) is 3.60. The van der Waals surface area contributed by atoms with Gasteiger partial charge in [0.1, 0.15) is 0 Å². The third-order valence-corrected chi connectivity index (χ3v) is 6.22. The third kappa shape index (κ3) is 3.64. The lowest BCUT2D eigenvalue weighted by Crippen LogP contribution is -2.53. The molecule has 0 atom stereocenters. The lowest BCUT2D eigenvalue weighted by atomic mass is 10.00. The van der Waals surface area contributed by atoms with E-state index in [2.05, 4.69) is 11.0 Å². The van der Waals surface area contributed by atoms with E-state index >= 15 is 0 Å². The zero-order valence-corrected chi connectivity index (χ0v) is 16.1. The first-order valence-corrected chi connectivity index (χ1v) is 10.2. The zero-order chi connectivity index (χ0) is 18.8. The molecule has 0 aliphatic carbocycles. The number of rotatable bonds is 3. The van der Waals surface area contributed by atoms with Crippen molar-refractivity contribution in [3.63, 3.8) is 0 Å². The van der Waals surface area contributed by atoms with Crippen molar-refractivity contribution < 1.29 is 9.59 Å². The van der Waals surface area contributed by atoms with Crippen molar-refractivity contribution in [2.75, 3.05) is 49.9 Å². The molecule has 6 nitrogen and oxygen atoms in total. The molecule has 2 N–H and O–H groups in total. The number of carbonyl (C=O) groups excluding carboxylic acids is 2. The summed E-state index contributed by atoms with van der Waals surface area (Å²) in [5.74, 6) is 0.186. The molecule has 1 fully saturated rings. The Labute approximate surface area is 163 Å². The number of nitrogens with zero attached hydrogens (tertiary/aromatic N) is 3.